The summed E-state index contributed by atoms with van der Waals surface area (Å²) in [5.41, 5.74) is 14.5. The number of para-hydroxylation sites is 1. The van der Waals surface area contributed by atoms with E-state index in [4.69, 9.17) is 20.3 Å². The first-order valence-corrected chi connectivity index (χ1v) is 14.2. The van der Waals surface area contributed by atoms with E-state index in [1.54, 1.807) is 6.08 Å². The first-order valence-electron chi connectivity index (χ1n) is 14.2. The number of amidine groups is 1. The Balaban J connectivity index is 0.000000491. The van der Waals surface area contributed by atoms with Crippen LogP contribution in [0.15, 0.2) is 139 Å². The van der Waals surface area contributed by atoms with Crippen LogP contribution in [-0.2, 0) is 11.8 Å². The molecule has 212 valence electrons. The van der Waals surface area contributed by atoms with Gasteiger partial charge in [0.1, 0.15) is 23.3 Å². The molecule has 0 saturated heterocycles. The molecule has 43 heavy (non-hydrogen) atoms. The third kappa shape index (κ3) is 5.29. The molecular weight excluding hydrogens is 530 g/mol. The average molecular weight is 564 g/mol. The summed E-state index contributed by atoms with van der Waals surface area (Å²) in [6.07, 6.45) is 19.5. The summed E-state index contributed by atoms with van der Waals surface area (Å²) in [5, 5.41) is 11.4. The summed E-state index contributed by atoms with van der Waals surface area (Å²) in [7, 11) is 1.97. The van der Waals surface area contributed by atoms with E-state index >= 15 is 0 Å². The Labute approximate surface area is 251 Å². The maximum absolute atomic E-state index is 8.27. The number of benzene rings is 3. The Bertz CT molecular complexity index is 2060. The number of nitrogens with two attached hydrogens (primary N) is 1. The van der Waals surface area contributed by atoms with Crippen LogP contribution in [0.3, 0.4) is 0 Å². The number of fused-ring (bicyclic) bond motifs is 6. The lowest BCUT2D eigenvalue weighted by atomic mass is 9.93. The van der Waals surface area contributed by atoms with Crippen LogP contribution in [0.5, 0.6) is 0 Å². The summed E-state index contributed by atoms with van der Waals surface area (Å²) >= 11 is 0. The van der Waals surface area contributed by atoms with Gasteiger partial charge >= 0.3 is 0 Å². The maximum Gasteiger partial charge on any atom is 0.135 e. The van der Waals surface area contributed by atoms with Crippen molar-refractivity contribution in [3.63, 3.8) is 0 Å². The fourth-order valence-corrected chi connectivity index (χ4v) is 5.56. The van der Waals surface area contributed by atoms with Crippen molar-refractivity contribution < 1.29 is 9.15 Å². The molecule has 1 aliphatic heterocycles. The summed E-state index contributed by atoms with van der Waals surface area (Å²) in [4.78, 5) is 0. The number of aryl methyl sites for hydroxylation is 1. The van der Waals surface area contributed by atoms with Crippen LogP contribution in [0.4, 0.5) is 0 Å². The zero-order valence-corrected chi connectivity index (χ0v) is 24.1. The van der Waals surface area contributed by atoms with Crippen LogP contribution in [-0.4, -0.2) is 10.4 Å². The highest BCUT2D eigenvalue weighted by Gasteiger charge is 2.23. The molecule has 0 atom stereocenters. The molecule has 0 unspecified atom stereocenters. The number of nitrogens with zero attached hydrogens (tertiary/aromatic N) is 1. The zero-order valence-electron chi connectivity index (χ0n) is 24.1. The van der Waals surface area contributed by atoms with Gasteiger partial charge in [-0.1, -0.05) is 86.0 Å². The van der Waals surface area contributed by atoms with E-state index in [9.17, 15) is 0 Å². The predicted octanol–water partition coefficient (Wildman–Crippen LogP) is 9.58. The van der Waals surface area contributed by atoms with Gasteiger partial charge in [0.2, 0.25) is 0 Å². The second kappa shape index (κ2) is 11.7. The number of hydrogen-bond acceptors (Lipinski definition) is 3. The molecular formula is C38H33N3O2. The monoisotopic (exact) mass is 563 g/mol. The van der Waals surface area contributed by atoms with E-state index in [2.05, 4.69) is 73.9 Å². The van der Waals surface area contributed by atoms with Crippen LogP contribution in [0.2, 0.25) is 0 Å². The molecule has 0 radical (unpaired) electrons. The van der Waals surface area contributed by atoms with Crippen molar-refractivity contribution in [2.45, 2.75) is 12.8 Å². The Morgan fingerprint density at radius 1 is 0.837 bits per heavy atom. The van der Waals surface area contributed by atoms with Gasteiger partial charge in [0.05, 0.1) is 17.5 Å². The lowest BCUT2D eigenvalue weighted by molar-refractivity contribution is 0.405. The first kappa shape index (κ1) is 27.6. The quantitative estimate of drug-likeness (QED) is 0.166. The van der Waals surface area contributed by atoms with Crippen molar-refractivity contribution in [3.8, 4) is 11.1 Å². The van der Waals surface area contributed by atoms with Crippen LogP contribution in [0, 0.1) is 5.41 Å². The lowest BCUT2D eigenvalue weighted by Gasteiger charge is -2.13. The van der Waals surface area contributed by atoms with E-state index in [0.717, 1.165) is 66.4 Å². The van der Waals surface area contributed by atoms with Crippen LogP contribution >= 0.6 is 0 Å². The Kier molecular flexibility index (Phi) is 7.54. The Morgan fingerprint density at radius 2 is 1.56 bits per heavy atom. The smallest absolute Gasteiger partial charge is 0.135 e. The molecule has 0 spiro atoms. The highest BCUT2D eigenvalue weighted by atomic mass is 16.5. The van der Waals surface area contributed by atoms with Gasteiger partial charge < -0.3 is 19.5 Å². The highest BCUT2D eigenvalue weighted by molar-refractivity contribution is 6.22. The summed E-state index contributed by atoms with van der Waals surface area (Å²) in [6, 6.07) is 20.7. The summed E-state index contributed by atoms with van der Waals surface area (Å²) < 4.78 is 13.6. The largest absolute Gasteiger partial charge is 0.472 e. The van der Waals surface area contributed by atoms with Crippen LogP contribution in [0.25, 0.3) is 55.1 Å². The second-order valence-corrected chi connectivity index (χ2v) is 10.5. The van der Waals surface area contributed by atoms with Crippen LogP contribution in [0.1, 0.15) is 24.1 Å². The highest BCUT2D eigenvalue weighted by Crippen LogP contribution is 2.40. The SMILES string of the molecule is C1=CCCC=C1.C=C1/C=C\C=C/O/C=C(/C(=N)N)c2c(c3ccc(-c4ccc5oc6ccccc6c5c4)cc3n2C)C1=C. The molecule has 3 heterocycles. The molecule has 2 aromatic heterocycles. The number of furan rings is 1. The summed E-state index contributed by atoms with van der Waals surface area (Å²) in [5.74, 6) is -0.0938. The number of ether oxygens (including phenoxy) is 1. The minimum absolute atomic E-state index is 0.0938. The topological polar surface area (TPSA) is 77.2 Å². The molecule has 5 nitrogen and oxygen atoms in total. The molecule has 2 aliphatic rings. The molecule has 0 fully saturated rings. The maximum atomic E-state index is 8.27. The normalized spacial score (nSPS) is 17.4. The van der Waals surface area contributed by atoms with Crippen molar-refractivity contribution in [2.24, 2.45) is 12.8 Å². The number of hydrogen-bond donors (Lipinski definition) is 2. The fraction of sp³-hybridized carbons (Fsp3) is 0.0789. The van der Waals surface area contributed by atoms with Gasteiger partial charge in [0, 0.05) is 34.3 Å². The van der Waals surface area contributed by atoms with Gasteiger partial charge in [-0.25, -0.2) is 0 Å². The molecule has 3 aromatic carbocycles. The van der Waals surface area contributed by atoms with Gasteiger partial charge in [-0.05, 0) is 65.5 Å². The minimum atomic E-state index is -0.0938. The van der Waals surface area contributed by atoms with Gasteiger partial charge in [-0.3, -0.25) is 5.41 Å². The van der Waals surface area contributed by atoms with E-state index < -0.39 is 0 Å². The van der Waals surface area contributed by atoms with Gasteiger partial charge in [0.25, 0.3) is 0 Å². The predicted molar refractivity (Wildman–Crippen MR) is 181 cm³/mol. The van der Waals surface area contributed by atoms with Gasteiger partial charge in [-0.15, -0.1) is 0 Å². The van der Waals surface area contributed by atoms with Gasteiger partial charge in [0.15, 0.2) is 0 Å². The zero-order chi connectivity index (χ0) is 29.9. The van der Waals surface area contributed by atoms with Gasteiger partial charge in [-0.2, -0.15) is 0 Å². The van der Waals surface area contributed by atoms with Crippen molar-refractivity contribution in [2.75, 3.05) is 0 Å². The van der Waals surface area contributed by atoms with Crippen molar-refractivity contribution in [1.82, 2.24) is 4.57 Å². The number of allylic oxidation sites excluding steroid dienone is 9. The Morgan fingerprint density at radius 3 is 2.30 bits per heavy atom. The van der Waals surface area contributed by atoms with Crippen molar-refractivity contribution in [3.05, 3.63) is 146 Å². The molecule has 0 bridgehead atoms. The molecule has 0 saturated carbocycles. The number of rotatable bonds is 2. The van der Waals surface area contributed by atoms with E-state index in [1.165, 1.54) is 25.4 Å². The third-order valence-corrected chi connectivity index (χ3v) is 7.78. The lowest BCUT2D eigenvalue weighted by Crippen LogP contribution is -2.15. The summed E-state index contributed by atoms with van der Waals surface area (Å²) in [6.45, 7) is 8.57. The third-order valence-electron chi connectivity index (χ3n) is 7.78. The van der Waals surface area contributed by atoms with Crippen molar-refractivity contribution in [1.29, 1.82) is 5.41 Å². The molecule has 1 aliphatic carbocycles. The van der Waals surface area contributed by atoms with E-state index in [-0.39, 0.29) is 5.84 Å². The molecule has 7 rings (SSSR count). The van der Waals surface area contributed by atoms with E-state index in [0.29, 0.717) is 5.57 Å². The molecule has 5 aromatic rings. The first-order chi connectivity index (χ1) is 20.9. The standard InChI is InChI=1S/C32H25N3O2.C6H8/c1-19-8-6-7-15-36-18-26(32(33)34)31-30(20(19)2)24-13-11-22(17-27(24)35(31)3)21-12-14-29-25(16-21)23-9-4-5-10-28(23)37-29;1-2-4-6-5-3-1/h4-18H,1-2H2,3H3,(H3,33,34);1-4H,5-6H2/b8-6-,15-7-,26-18+;. The minimum Gasteiger partial charge on any atom is -0.472 e. The second-order valence-electron chi connectivity index (χ2n) is 10.5. The Hall–Kier alpha value is -5.55. The molecule has 0 amide bonds. The van der Waals surface area contributed by atoms with Crippen molar-refractivity contribution >= 4 is 49.8 Å². The molecule has 3 N–H and O–H groups in total. The fourth-order valence-electron chi connectivity index (χ4n) is 5.56. The molecule has 5 heteroatoms. The van der Waals surface area contributed by atoms with Crippen LogP contribution < -0.4 is 5.73 Å². The average Bonchev–Trinajstić information content (AvgIpc) is 3.54. The van der Waals surface area contributed by atoms with E-state index in [1.807, 2.05) is 48.0 Å². The number of aromatic nitrogens is 1. The number of nitrogens with one attached hydrogen (secondary N) is 1.